The molecule has 1 N–H and O–H groups in total. The summed E-state index contributed by atoms with van der Waals surface area (Å²) < 4.78 is 13.3. The van der Waals surface area contributed by atoms with Crippen LogP contribution in [-0.4, -0.2) is 15.7 Å². The zero-order chi connectivity index (χ0) is 20.8. The summed E-state index contributed by atoms with van der Waals surface area (Å²) >= 11 is 0. The summed E-state index contributed by atoms with van der Waals surface area (Å²) in [6, 6.07) is 13.2. The molecule has 6 nitrogen and oxygen atoms in total. The third-order valence-electron chi connectivity index (χ3n) is 5.10. The summed E-state index contributed by atoms with van der Waals surface area (Å²) in [6.07, 6.45) is 3.01. The van der Waals surface area contributed by atoms with Crippen LogP contribution >= 0.6 is 0 Å². The molecule has 0 bridgehead atoms. The van der Waals surface area contributed by atoms with Crippen LogP contribution in [0.5, 0.6) is 5.75 Å². The number of hydrogen-bond donors (Lipinski definition) is 1. The average Bonchev–Trinajstić information content (AvgIpc) is 3.41. The number of aryl methyl sites for hydroxylation is 1. The highest BCUT2D eigenvalue weighted by atomic mass is 16.5. The summed E-state index contributed by atoms with van der Waals surface area (Å²) in [5, 5.41) is 7.33. The summed E-state index contributed by atoms with van der Waals surface area (Å²) in [5.41, 5.74) is 2.12. The lowest BCUT2D eigenvalue weighted by Crippen LogP contribution is -2.26. The van der Waals surface area contributed by atoms with Gasteiger partial charge in [-0.25, -0.2) is 0 Å². The van der Waals surface area contributed by atoms with Crippen molar-refractivity contribution in [3.05, 3.63) is 71.4 Å². The van der Waals surface area contributed by atoms with Gasteiger partial charge >= 0.3 is 0 Å². The van der Waals surface area contributed by atoms with Crippen LogP contribution in [0.2, 0.25) is 0 Å². The zero-order valence-corrected chi connectivity index (χ0v) is 17.5. The number of benzene rings is 1. The molecule has 1 amide bonds. The van der Waals surface area contributed by atoms with Crippen LogP contribution < -0.4 is 10.1 Å². The van der Waals surface area contributed by atoms with Crippen LogP contribution in [0.4, 0.5) is 0 Å². The van der Waals surface area contributed by atoms with Gasteiger partial charge in [-0.1, -0.05) is 26.0 Å². The molecule has 1 aromatic carbocycles. The third kappa shape index (κ3) is 5.28. The normalized spacial score (nSPS) is 13.1. The van der Waals surface area contributed by atoms with Crippen LogP contribution in [0.25, 0.3) is 0 Å². The first kappa shape index (κ1) is 20.7. The Labute approximate surface area is 171 Å². The van der Waals surface area contributed by atoms with Gasteiger partial charge in [0.05, 0.1) is 11.7 Å². The highest BCUT2D eigenvalue weighted by Gasteiger charge is 2.17. The maximum Gasteiger partial charge on any atom is 0.287 e. The van der Waals surface area contributed by atoms with Crippen molar-refractivity contribution in [3.63, 3.8) is 0 Å². The van der Waals surface area contributed by atoms with Gasteiger partial charge in [-0.05, 0) is 62.1 Å². The molecular weight excluding hydrogens is 366 g/mol. The molecule has 0 spiro atoms. The van der Waals surface area contributed by atoms with E-state index in [1.54, 1.807) is 12.1 Å². The summed E-state index contributed by atoms with van der Waals surface area (Å²) in [6.45, 7) is 9.37. The Balaban J connectivity index is 1.53. The molecule has 3 aromatic rings. The number of furan rings is 1. The molecule has 2 atom stereocenters. The van der Waals surface area contributed by atoms with Crippen molar-refractivity contribution in [2.24, 2.45) is 0 Å². The number of carbonyl (C=O) groups excluding carboxylic acids is 1. The first-order valence-electron chi connectivity index (χ1n) is 10.2. The van der Waals surface area contributed by atoms with Gasteiger partial charge in [0.2, 0.25) is 0 Å². The lowest BCUT2D eigenvalue weighted by atomic mass is 9.99. The minimum absolute atomic E-state index is 0.205. The van der Waals surface area contributed by atoms with Crippen molar-refractivity contribution in [1.29, 1.82) is 0 Å². The largest absolute Gasteiger partial charge is 0.486 e. The van der Waals surface area contributed by atoms with E-state index in [4.69, 9.17) is 9.15 Å². The van der Waals surface area contributed by atoms with E-state index in [1.165, 1.54) is 5.56 Å². The van der Waals surface area contributed by atoms with Crippen molar-refractivity contribution in [2.75, 3.05) is 0 Å². The highest BCUT2D eigenvalue weighted by Crippen LogP contribution is 2.22. The number of ether oxygens (including phenoxy) is 1. The maximum absolute atomic E-state index is 12.4. The van der Waals surface area contributed by atoms with Crippen LogP contribution in [0.3, 0.4) is 0 Å². The molecule has 0 saturated heterocycles. The van der Waals surface area contributed by atoms with E-state index in [-0.39, 0.29) is 24.3 Å². The van der Waals surface area contributed by atoms with Gasteiger partial charge in [0.15, 0.2) is 5.76 Å². The molecule has 0 aliphatic heterocycles. The topological polar surface area (TPSA) is 69.3 Å². The van der Waals surface area contributed by atoms with Gasteiger partial charge in [0.25, 0.3) is 5.91 Å². The maximum atomic E-state index is 12.4. The minimum atomic E-state index is -0.271. The van der Waals surface area contributed by atoms with Crippen molar-refractivity contribution in [3.8, 4) is 5.75 Å². The standard InChI is InChI=1S/C23H29N3O3/c1-5-16(3)18-7-9-19(10-8-18)28-15-20-11-12-22(29-20)23(27)24-17(4)21-13-14-26(6-2)25-21/h7-14,16-17H,5-6,15H2,1-4H3,(H,24,27). The second-order valence-corrected chi connectivity index (χ2v) is 7.22. The number of aromatic nitrogens is 2. The summed E-state index contributed by atoms with van der Waals surface area (Å²) in [7, 11) is 0. The fourth-order valence-electron chi connectivity index (χ4n) is 2.99. The van der Waals surface area contributed by atoms with Gasteiger partial charge in [-0.15, -0.1) is 0 Å². The molecule has 2 heterocycles. The van der Waals surface area contributed by atoms with Gasteiger partial charge in [-0.2, -0.15) is 5.10 Å². The Bertz CT molecular complexity index is 927. The van der Waals surface area contributed by atoms with E-state index in [0.29, 0.717) is 11.7 Å². The highest BCUT2D eigenvalue weighted by molar-refractivity contribution is 5.91. The van der Waals surface area contributed by atoms with Gasteiger partial charge in [0.1, 0.15) is 18.1 Å². The number of carbonyl (C=O) groups is 1. The predicted molar refractivity (Wildman–Crippen MR) is 112 cm³/mol. The lowest BCUT2D eigenvalue weighted by Gasteiger charge is -2.11. The molecule has 0 fully saturated rings. The van der Waals surface area contributed by atoms with Crippen molar-refractivity contribution in [2.45, 2.75) is 59.2 Å². The number of nitrogens with one attached hydrogen (secondary N) is 1. The molecule has 0 saturated carbocycles. The average molecular weight is 396 g/mol. The van der Waals surface area contributed by atoms with Gasteiger partial charge in [-0.3, -0.25) is 9.48 Å². The Kier molecular flexibility index (Phi) is 6.75. The fourth-order valence-corrected chi connectivity index (χ4v) is 2.99. The van der Waals surface area contributed by atoms with E-state index in [9.17, 15) is 4.79 Å². The van der Waals surface area contributed by atoms with E-state index in [1.807, 2.05) is 42.9 Å². The third-order valence-corrected chi connectivity index (χ3v) is 5.10. The smallest absolute Gasteiger partial charge is 0.287 e. The van der Waals surface area contributed by atoms with E-state index >= 15 is 0 Å². The SMILES string of the molecule is CCC(C)c1ccc(OCc2ccc(C(=O)NC(C)c3ccn(CC)n3)o2)cc1. The second-order valence-electron chi connectivity index (χ2n) is 7.22. The predicted octanol–water partition coefficient (Wildman–Crippen LogP) is 5.08. The number of hydrogen-bond acceptors (Lipinski definition) is 4. The quantitative estimate of drug-likeness (QED) is 0.548. The van der Waals surface area contributed by atoms with Crippen LogP contribution in [0.15, 0.2) is 53.1 Å². The van der Waals surface area contributed by atoms with Crippen LogP contribution in [-0.2, 0) is 13.2 Å². The number of amides is 1. The number of rotatable bonds is 9. The molecule has 2 aromatic heterocycles. The molecular formula is C23H29N3O3. The van der Waals surface area contributed by atoms with Crippen LogP contribution in [0.1, 0.15) is 73.6 Å². The molecule has 6 heteroatoms. The molecule has 3 rings (SSSR count). The molecule has 29 heavy (non-hydrogen) atoms. The molecule has 0 aliphatic rings. The minimum Gasteiger partial charge on any atom is -0.486 e. The first-order chi connectivity index (χ1) is 14.0. The Morgan fingerprint density at radius 1 is 1.14 bits per heavy atom. The lowest BCUT2D eigenvalue weighted by molar-refractivity contribution is 0.0907. The Morgan fingerprint density at radius 3 is 2.55 bits per heavy atom. The monoisotopic (exact) mass is 395 g/mol. The van der Waals surface area contributed by atoms with Crippen LogP contribution in [0, 0.1) is 0 Å². The van der Waals surface area contributed by atoms with Gasteiger partial charge in [0, 0.05) is 12.7 Å². The number of nitrogens with zero attached hydrogens (tertiary/aromatic N) is 2. The van der Waals surface area contributed by atoms with Crippen molar-refractivity contribution < 1.29 is 13.9 Å². The summed E-state index contributed by atoms with van der Waals surface area (Å²) in [5.74, 6) is 1.90. The van der Waals surface area contributed by atoms with E-state index in [0.717, 1.165) is 24.4 Å². The van der Waals surface area contributed by atoms with E-state index in [2.05, 4.69) is 36.4 Å². The second kappa shape index (κ2) is 9.45. The van der Waals surface area contributed by atoms with Gasteiger partial charge < -0.3 is 14.5 Å². The Hall–Kier alpha value is -3.02. The van der Waals surface area contributed by atoms with Crippen molar-refractivity contribution in [1.82, 2.24) is 15.1 Å². The zero-order valence-electron chi connectivity index (χ0n) is 17.5. The fraction of sp³-hybridized carbons (Fsp3) is 0.391. The summed E-state index contributed by atoms with van der Waals surface area (Å²) in [4.78, 5) is 12.4. The molecule has 154 valence electrons. The molecule has 0 radical (unpaired) electrons. The molecule has 0 aliphatic carbocycles. The Morgan fingerprint density at radius 2 is 1.90 bits per heavy atom. The molecule has 2 unspecified atom stereocenters. The van der Waals surface area contributed by atoms with Crippen molar-refractivity contribution >= 4 is 5.91 Å². The van der Waals surface area contributed by atoms with E-state index < -0.39 is 0 Å². The first-order valence-corrected chi connectivity index (χ1v) is 10.2.